The van der Waals surface area contributed by atoms with Gasteiger partial charge in [0.1, 0.15) is 17.5 Å². The molecule has 0 spiro atoms. The van der Waals surface area contributed by atoms with E-state index in [1.807, 2.05) is 6.07 Å². The standard InChI is InChI=1S/C26H20F5N5OS/c1-15-33-25(26(29,30)31)14-35(15)22-9-6-17(16-4-3-5-19(10-16)38(2)37)11-23(22)36-24(13-32-34-36)20-8-7-18(27)12-21(20)28/h3-14,32,34H,1-2H3. The lowest BCUT2D eigenvalue weighted by molar-refractivity contribution is -0.141. The molecule has 196 valence electrons. The van der Waals surface area contributed by atoms with Crippen LogP contribution in [-0.2, 0) is 17.0 Å². The number of benzene rings is 3. The molecule has 12 heteroatoms. The lowest BCUT2D eigenvalue weighted by Crippen LogP contribution is -2.37. The summed E-state index contributed by atoms with van der Waals surface area (Å²) >= 11 is 0. The summed E-state index contributed by atoms with van der Waals surface area (Å²) in [6.07, 6.45) is -0.750. The molecule has 0 saturated carbocycles. The number of alkyl halides is 3. The van der Waals surface area contributed by atoms with Gasteiger partial charge in [-0.3, -0.25) is 9.22 Å². The number of rotatable bonds is 5. The summed E-state index contributed by atoms with van der Waals surface area (Å²) in [5.41, 5.74) is 6.94. The lowest BCUT2D eigenvalue weighted by Gasteiger charge is -2.26. The van der Waals surface area contributed by atoms with E-state index in [-0.39, 0.29) is 17.1 Å². The number of halogens is 5. The van der Waals surface area contributed by atoms with Crippen LogP contribution in [0.4, 0.5) is 27.6 Å². The molecular weight excluding hydrogens is 525 g/mol. The molecule has 0 fully saturated rings. The summed E-state index contributed by atoms with van der Waals surface area (Å²) in [4.78, 5) is 4.27. The van der Waals surface area contributed by atoms with Crippen LogP contribution in [0.1, 0.15) is 17.1 Å². The molecule has 0 amide bonds. The van der Waals surface area contributed by atoms with Crippen LogP contribution >= 0.6 is 0 Å². The van der Waals surface area contributed by atoms with Gasteiger partial charge in [-0.2, -0.15) is 13.2 Å². The predicted molar refractivity (Wildman–Crippen MR) is 134 cm³/mol. The highest BCUT2D eigenvalue weighted by Crippen LogP contribution is 2.38. The van der Waals surface area contributed by atoms with Crippen molar-refractivity contribution in [2.24, 2.45) is 0 Å². The minimum absolute atomic E-state index is 0.0574. The fourth-order valence-corrected chi connectivity index (χ4v) is 4.73. The van der Waals surface area contributed by atoms with Crippen molar-refractivity contribution in [1.82, 2.24) is 20.5 Å². The fourth-order valence-electron chi connectivity index (χ4n) is 4.17. The third-order valence-corrected chi connectivity index (χ3v) is 6.90. The van der Waals surface area contributed by atoms with Crippen molar-refractivity contribution in [2.45, 2.75) is 18.0 Å². The Morgan fingerprint density at radius 2 is 1.71 bits per heavy atom. The van der Waals surface area contributed by atoms with Gasteiger partial charge in [0.05, 0.1) is 17.1 Å². The largest absolute Gasteiger partial charge is 0.434 e. The fraction of sp³-hybridized carbons (Fsp3) is 0.115. The summed E-state index contributed by atoms with van der Waals surface area (Å²) in [5, 5.41) is 1.45. The van der Waals surface area contributed by atoms with E-state index in [0.717, 1.165) is 23.9 Å². The molecule has 1 aliphatic rings. The summed E-state index contributed by atoms with van der Waals surface area (Å²) in [5.74, 6) is -1.48. The van der Waals surface area contributed by atoms with Crippen LogP contribution in [0.3, 0.4) is 0 Å². The van der Waals surface area contributed by atoms with Crippen LogP contribution in [0, 0.1) is 18.6 Å². The Kier molecular flexibility index (Phi) is 6.53. The smallest absolute Gasteiger partial charge is 0.309 e. The van der Waals surface area contributed by atoms with E-state index in [4.69, 9.17) is 0 Å². The highest BCUT2D eigenvalue weighted by atomic mass is 32.2. The van der Waals surface area contributed by atoms with Crippen molar-refractivity contribution in [1.29, 1.82) is 0 Å². The first kappa shape index (κ1) is 25.6. The van der Waals surface area contributed by atoms with Crippen molar-refractivity contribution in [3.05, 3.63) is 102 Å². The molecule has 0 aliphatic carbocycles. The minimum Gasteiger partial charge on any atom is -0.309 e. The third kappa shape index (κ3) is 4.79. The topological polar surface area (TPSA) is 62.2 Å². The van der Waals surface area contributed by atoms with Crippen LogP contribution in [0.25, 0.3) is 22.5 Å². The first-order valence-electron chi connectivity index (χ1n) is 11.2. The maximum atomic E-state index is 14.7. The Balaban J connectivity index is 1.69. The van der Waals surface area contributed by atoms with Crippen molar-refractivity contribution in [3.63, 3.8) is 0 Å². The van der Waals surface area contributed by atoms with Crippen LogP contribution < -0.4 is 16.0 Å². The van der Waals surface area contributed by atoms with Gasteiger partial charge in [0, 0.05) is 46.0 Å². The highest BCUT2D eigenvalue weighted by molar-refractivity contribution is 7.84. The number of hydrazine groups is 2. The van der Waals surface area contributed by atoms with Crippen LogP contribution in [0.2, 0.25) is 0 Å². The first-order chi connectivity index (χ1) is 18.0. The summed E-state index contributed by atoms with van der Waals surface area (Å²) < 4.78 is 82.0. The number of hydrogen-bond acceptors (Lipinski definition) is 5. The van der Waals surface area contributed by atoms with E-state index in [2.05, 4.69) is 15.9 Å². The second kappa shape index (κ2) is 9.69. The van der Waals surface area contributed by atoms with Gasteiger partial charge >= 0.3 is 6.18 Å². The van der Waals surface area contributed by atoms with Crippen molar-refractivity contribution in [3.8, 4) is 16.8 Å². The van der Waals surface area contributed by atoms with Gasteiger partial charge in [-0.05, 0) is 54.4 Å². The number of aromatic nitrogens is 2. The molecule has 6 nitrogen and oxygen atoms in total. The number of nitrogens with zero attached hydrogens (tertiary/aromatic N) is 3. The Morgan fingerprint density at radius 3 is 2.39 bits per heavy atom. The molecule has 1 atom stereocenters. The number of hydrogen-bond donors (Lipinski definition) is 2. The lowest BCUT2D eigenvalue weighted by atomic mass is 10.0. The van der Waals surface area contributed by atoms with Gasteiger partial charge in [0.25, 0.3) is 0 Å². The molecule has 0 bridgehead atoms. The van der Waals surface area contributed by atoms with E-state index < -0.39 is 34.3 Å². The zero-order chi connectivity index (χ0) is 27.2. The summed E-state index contributed by atoms with van der Waals surface area (Å²) in [6, 6.07) is 15.2. The Morgan fingerprint density at radius 1 is 0.947 bits per heavy atom. The van der Waals surface area contributed by atoms with Crippen molar-refractivity contribution >= 4 is 22.2 Å². The van der Waals surface area contributed by atoms with Crippen LogP contribution in [-0.4, -0.2) is 20.0 Å². The average molecular weight is 546 g/mol. The molecule has 3 aromatic carbocycles. The molecule has 0 radical (unpaired) electrons. The zero-order valence-electron chi connectivity index (χ0n) is 20.0. The van der Waals surface area contributed by atoms with Gasteiger partial charge < -0.3 is 9.99 Å². The van der Waals surface area contributed by atoms with Gasteiger partial charge in [0.2, 0.25) is 0 Å². The Labute approximate surface area is 216 Å². The maximum Gasteiger partial charge on any atom is 0.434 e. The highest BCUT2D eigenvalue weighted by Gasteiger charge is 2.35. The first-order valence-corrected chi connectivity index (χ1v) is 12.8. The van der Waals surface area contributed by atoms with Gasteiger partial charge in [-0.15, -0.1) is 5.53 Å². The SMILES string of the molecule is Cc1nc(C(F)(F)F)cn1-c1ccc(-c2cccc(S(C)=O)c2)cc1N1NNC=C1c1ccc(F)cc1F. The van der Waals surface area contributed by atoms with E-state index in [0.29, 0.717) is 21.8 Å². The normalized spacial score (nSPS) is 14.4. The number of imidazole rings is 1. The summed E-state index contributed by atoms with van der Waals surface area (Å²) in [7, 11) is -1.23. The van der Waals surface area contributed by atoms with E-state index in [1.165, 1.54) is 28.8 Å². The minimum atomic E-state index is -4.65. The molecule has 1 unspecified atom stereocenters. The Bertz CT molecular complexity index is 1600. The molecule has 1 aromatic heterocycles. The quantitative estimate of drug-likeness (QED) is 0.315. The molecule has 4 aromatic rings. The maximum absolute atomic E-state index is 14.7. The number of aryl methyl sites for hydroxylation is 1. The molecule has 5 rings (SSSR count). The van der Waals surface area contributed by atoms with Crippen molar-refractivity contribution < 1.29 is 26.2 Å². The molecule has 2 heterocycles. The molecule has 2 N–H and O–H groups in total. The molecule has 38 heavy (non-hydrogen) atoms. The van der Waals surface area contributed by atoms with Crippen LogP contribution in [0.15, 0.2) is 78.0 Å². The third-order valence-electron chi connectivity index (χ3n) is 5.98. The zero-order valence-corrected chi connectivity index (χ0v) is 20.8. The second-order valence-corrected chi connectivity index (χ2v) is 9.85. The van der Waals surface area contributed by atoms with Gasteiger partial charge in [0.15, 0.2) is 5.69 Å². The number of anilines is 1. The average Bonchev–Trinajstić information content (AvgIpc) is 3.50. The van der Waals surface area contributed by atoms with Gasteiger partial charge in [-0.1, -0.05) is 18.2 Å². The van der Waals surface area contributed by atoms with E-state index in [9.17, 15) is 26.2 Å². The molecular formula is C26H20F5N5OS. The monoisotopic (exact) mass is 545 g/mol. The van der Waals surface area contributed by atoms with Crippen LogP contribution in [0.5, 0.6) is 0 Å². The van der Waals surface area contributed by atoms with Crippen molar-refractivity contribution in [2.75, 3.05) is 11.3 Å². The summed E-state index contributed by atoms with van der Waals surface area (Å²) in [6.45, 7) is 1.44. The Hall–Kier alpha value is -4.03. The molecule has 0 saturated heterocycles. The van der Waals surface area contributed by atoms with E-state index >= 15 is 0 Å². The number of nitrogens with one attached hydrogen (secondary N) is 2. The second-order valence-electron chi connectivity index (χ2n) is 8.47. The predicted octanol–water partition coefficient (Wildman–Crippen LogP) is 5.71. The molecule has 1 aliphatic heterocycles. The van der Waals surface area contributed by atoms with E-state index in [1.54, 1.807) is 42.7 Å². The van der Waals surface area contributed by atoms with Gasteiger partial charge in [-0.25, -0.2) is 13.8 Å².